The summed E-state index contributed by atoms with van der Waals surface area (Å²) < 4.78 is 5.70. The van der Waals surface area contributed by atoms with Gasteiger partial charge in [0.15, 0.2) is 6.29 Å². The Morgan fingerprint density at radius 1 is 1.05 bits per heavy atom. The third-order valence-corrected chi connectivity index (χ3v) is 5.63. The van der Waals surface area contributed by atoms with Gasteiger partial charge in [-0.2, -0.15) is 15.5 Å². The van der Waals surface area contributed by atoms with Crippen LogP contribution in [0.3, 0.4) is 0 Å². The number of aryl methyl sites for hydroxylation is 2. The molecule has 0 radical (unpaired) electrons. The third kappa shape index (κ3) is 6.56. The van der Waals surface area contributed by atoms with Crippen LogP contribution >= 0.6 is 0 Å². The number of anilines is 4. The van der Waals surface area contributed by atoms with Gasteiger partial charge in [0, 0.05) is 36.0 Å². The Bertz CT molecular complexity index is 1500. The van der Waals surface area contributed by atoms with E-state index in [-0.39, 0.29) is 6.61 Å². The molecule has 1 atom stereocenters. The van der Waals surface area contributed by atoms with Gasteiger partial charge in [-0.3, -0.25) is 4.98 Å². The van der Waals surface area contributed by atoms with Gasteiger partial charge >= 0.3 is 0 Å². The quantitative estimate of drug-likeness (QED) is 0.197. The fourth-order valence-electron chi connectivity index (χ4n) is 3.78. The molecule has 2 heterocycles. The average molecular weight is 504 g/mol. The Morgan fingerprint density at radius 2 is 1.82 bits per heavy atom. The molecule has 188 valence electrons. The third-order valence-electron chi connectivity index (χ3n) is 5.63. The first-order valence-corrected chi connectivity index (χ1v) is 11.7. The Labute approximate surface area is 220 Å². The van der Waals surface area contributed by atoms with E-state index in [4.69, 9.17) is 15.3 Å². The molecule has 0 saturated heterocycles. The SMILES string of the molecule is Cc1cc(/C=C/C#N)cc(C)c1Nc1nc(Nc2ccc(C#N)cc2)ncc1C(O)OCc1cccnc1. The van der Waals surface area contributed by atoms with E-state index in [1.54, 1.807) is 48.8 Å². The number of nitrogens with zero attached hydrogens (tertiary/aromatic N) is 5. The number of nitrogens with one attached hydrogen (secondary N) is 2. The number of aliphatic hydroxyl groups excluding tert-OH is 1. The highest BCUT2D eigenvalue weighted by molar-refractivity contribution is 5.70. The second kappa shape index (κ2) is 12.2. The summed E-state index contributed by atoms with van der Waals surface area (Å²) in [6, 6.07) is 18.6. The largest absolute Gasteiger partial charge is 0.364 e. The molecule has 0 fully saturated rings. The summed E-state index contributed by atoms with van der Waals surface area (Å²) in [4.78, 5) is 13.1. The second-order valence-electron chi connectivity index (χ2n) is 8.45. The van der Waals surface area contributed by atoms with Gasteiger partial charge in [0.2, 0.25) is 5.95 Å². The summed E-state index contributed by atoms with van der Waals surface area (Å²) in [5, 5.41) is 35.3. The van der Waals surface area contributed by atoms with E-state index >= 15 is 0 Å². The zero-order valence-corrected chi connectivity index (χ0v) is 20.9. The standard InChI is InChI=1S/C29H25N7O2/c1-19-13-22(5-3-11-30)14-20(2)26(19)35-27-25(28(37)38-18-23-6-4-12-32-16-23)17-33-29(36-27)34-24-9-7-21(15-31)8-10-24/h3-10,12-14,16-17,28,37H,18H2,1-2H3,(H2,33,34,35,36)/b5-3+. The predicted molar refractivity (Wildman–Crippen MR) is 144 cm³/mol. The summed E-state index contributed by atoms with van der Waals surface area (Å²) in [6.07, 6.45) is 6.71. The van der Waals surface area contributed by atoms with Crippen molar-refractivity contribution in [2.24, 2.45) is 0 Å². The molecule has 0 saturated carbocycles. The van der Waals surface area contributed by atoms with Crippen LogP contribution in [0.15, 0.2) is 73.2 Å². The van der Waals surface area contributed by atoms with Crippen molar-refractivity contribution in [3.8, 4) is 12.1 Å². The van der Waals surface area contributed by atoms with E-state index in [1.165, 1.54) is 12.3 Å². The maximum Gasteiger partial charge on any atom is 0.229 e. The van der Waals surface area contributed by atoms with Crippen LogP contribution in [0.25, 0.3) is 6.08 Å². The lowest BCUT2D eigenvalue weighted by Crippen LogP contribution is -2.11. The predicted octanol–water partition coefficient (Wildman–Crippen LogP) is 5.59. The molecule has 0 bridgehead atoms. The topological polar surface area (TPSA) is 140 Å². The number of nitriles is 2. The highest BCUT2D eigenvalue weighted by atomic mass is 16.6. The molecule has 4 rings (SSSR count). The van der Waals surface area contributed by atoms with Crippen molar-refractivity contribution in [1.29, 1.82) is 10.5 Å². The van der Waals surface area contributed by atoms with Gasteiger partial charge < -0.3 is 20.5 Å². The first-order valence-electron chi connectivity index (χ1n) is 11.7. The van der Waals surface area contributed by atoms with E-state index < -0.39 is 6.29 Å². The lowest BCUT2D eigenvalue weighted by Gasteiger charge is -2.19. The molecular formula is C29H25N7O2. The molecular weight excluding hydrogens is 478 g/mol. The summed E-state index contributed by atoms with van der Waals surface area (Å²) in [5.74, 6) is 0.658. The number of benzene rings is 2. The molecule has 38 heavy (non-hydrogen) atoms. The number of rotatable bonds is 9. The monoisotopic (exact) mass is 503 g/mol. The lowest BCUT2D eigenvalue weighted by atomic mass is 10.0. The minimum absolute atomic E-state index is 0.150. The van der Waals surface area contributed by atoms with Crippen molar-refractivity contribution in [1.82, 2.24) is 15.0 Å². The van der Waals surface area contributed by atoms with Gasteiger partial charge in [0.25, 0.3) is 0 Å². The molecule has 9 nitrogen and oxygen atoms in total. The maximum atomic E-state index is 10.9. The molecule has 9 heteroatoms. The smallest absolute Gasteiger partial charge is 0.229 e. The first-order chi connectivity index (χ1) is 18.5. The van der Waals surface area contributed by atoms with E-state index in [0.29, 0.717) is 28.6 Å². The van der Waals surface area contributed by atoms with Gasteiger partial charge in [0.1, 0.15) is 5.82 Å². The van der Waals surface area contributed by atoms with Crippen molar-refractivity contribution in [2.45, 2.75) is 26.7 Å². The number of hydrogen-bond donors (Lipinski definition) is 3. The number of ether oxygens (including phenoxy) is 1. The van der Waals surface area contributed by atoms with Gasteiger partial charge in [0.05, 0.1) is 29.9 Å². The fourth-order valence-corrected chi connectivity index (χ4v) is 3.78. The van der Waals surface area contributed by atoms with Crippen LogP contribution < -0.4 is 10.6 Å². The number of hydrogen-bond acceptors (Lipinski definition) is 9. The number of allylic oxidation sites excluding steroid dienone is 1. The zero-order valence-electron chi connectivity index (χ0n) is 20.9. The normalized spacial score (nSPS) is 11.5. The van der Waals surface area contributed by atoms with Crippen LogP contribution in [-0.2, 0) is 11.3 Å². The summed E-state index contributed by atoms with van der Waals surface area (Å²) in [7, 11) is 0. The Morgan fingerprint density at radius 3 is 2.47 bits per heavy atom. The van der Waals surface area contributed by atoms with Crippen molar-refractivity contribution in [3.05, 3.63) is 107 Å². The molecule has 3 N–H and O–H groups in total. The minimum atomic E-state index is -1.31. The Balaban J connectivity index is 1.65. The minimum Gasteiger partial charge on any atom is -0.364 e. The molecule has 1 unspecified atom stereocenters. The Kier molecular flexibility index (Phi) is 8.37. The molecule has 0 aliphatic carbocycles. The molecule has 4 aromatic rings. The summed E-state index contributed by atoms with van der Waals surface area (Å²) >= 11 is 0. The molecule has 2 aromatic heterocycles. The molecule has 0 spiro atoms. The Hall–Kier alpha value is -5.09. The highest BCUT2D eigenvalue weighted by Crippen LogP contribution is 2.31. The van der Waals surface area contributed by atoms with E-state index in [9.17, 15) is 5.11 Å². The number of aliphatic hydroxyl groups is 1. The van der Waals surface area contributed by atoms with Gasteiger partial charge in [-0.15, -0.1) is 0 Å². The number of aromatic nitrogens is 3. The fraction of sp³-hybridized carbons (Fsp3) is 0.138. The molecule has 0 aliphatic heterocycles. The van der Waals surface area contributed by atoms with E-state index in [0.717, 1.165) is 27.9 Å². The van der Waals surface area contributed by atoms with Crippen molar-refractivity contribution < 1.29 is 9.84 Å². The van der Waals surface area contributed by atoms with Gasteiger partial charge in [-0.1, -0.05) is 6.07 Å². The van der Waals surface area contributed by atoms with Crippen LogP contribution in [-0.4, -0.2) is 20.1 Å². The van der Waals surface area contributed by atoms with E-state index in [2.05, 4.69) is 31.7 Å². The maximum absolute atomic E-state index is 10.9. The first kappa shape index (κ1) is 26.0. The summed E-state index contributed by atoms with van der Waals surface area (Å²) in [5.41, 5.74) is 5.99. The van der Waals surface area contributed by atoms with Crippen molar-refractivity contribution in [3.63, 3.8) is 0 Å². The van der Waals surface area contributed by atoms with Crippen molar-refractivity contribution >= 4 is 29.2 Å². The van der Waals surface area contributed by atoms with Gasteiger partial charge in [-0.25, -0.2) is 4.98 Å². The molecule has 0 amide bonds. The van der Waals surface area contributed by atoms with Crippen LogP contribution in [0.5, 0.6) is 0 Å². The second-order valence-corrected chi connectivity index (χ2v) is 8.45. The molecule has 0 aliphatic rings. The van der Waals surface area contributed by atoms with Gasteiger partial charge in [-0.05, 0) is 84.6 Å². The highest BCUT2D eigenvalue weighted by Gasteiger charge is 2.18. The summed E-state index contributed by atoms with van der Waals surface area (Å²) in [6.45, 7) is 4.05. The number of pyridine rings is 1. The van der Waals surface area contributed by atoms with Crippen molar-refractivity contribution in [2.75, 3.05) is 10.6 Å². The van der Waals surface area contributed by atoms with Crippen LogP contribution in [0.4, 0.5) is 23.1 Å². The van der Waals surface area contributed by atoms with Crippen LogP contribution in [0.2, 0.25) is 0 Å². The van der Waals surface area contributed by atoms with Crippen LogP contribution in [0, 0.1) is 36.5 Å². The van der Waals surface area contributed by atoms with E-state index in [1.807, 2.05) is 38.1 Å². The average Bonchev–Trinajstić information content (AvgIpc) is 2.93. The molecule has 2 aromatic carbocycles. The lowest BCUT2D eigenvalue weighted by molar-refractivity contribution is -0.111. The zero-order chi connectivity index (χ0) is 26.9. The van der Waals surface area contributed by atoms with Crippen LogP contribution in [0.1, 0.15) is 39.7 Å².